The van der Waals surface area contributed by atoms with Gasteiger partial charge in [-0.1, -0.05) is 5.57 Å². The van der Waals surface area contributed by atoms with Gasteiger partial charge in [0.25, 0.3) is 0 Å². The molecule has 0 aliphatic heterocycles. The molecule has 0 aromatic rings. The van der Waals surface area contributed by atoms with Gasteiger partial charge in [0.1, 0.15) is 0 Å². The second-order valence-corrected chi connectivity index (χ2v) is 1.21. The molecule has 0 bridgehead atoms. The lowest BCUT2D eigenvalue weighted by Gasteiger charge is -1.65. The second-order valence-electron chi connectivity index (χ2n) is 1.21. The van der Waals surface area contributed by atoms with Crippen LogP contribution in [0.4, 0.5) is 28.2 Å². The minimum absolute atomic E-state index is 0. The molecule has 0 saturated heterocycles. The van der Waals surface area contributed by atoms with E-state index < -0.39 is 0 Å². The van der Waals surface area contributed by atoms with Crippen molar-refractivity contribution in [1.82, 2.24) is 0 Å². The third kappa shape index (κ3) is 632. The molecule has 0 aromatic carbocycles. The molecule has 0 atom stereocenters. The molecule has 6 heteroatoms. The fourth-order valence-electron chi connectivity index (χ4n) is 0. The van der Waals surface area contributed by atoms with Gasteiger partial charge in [0, 0.05) is 0 Å². The van der Waals surface area contributed by atoms with Crippen molar-refractivity contribution in [2.45, 2.75) is 13.8 Å². The summed E-state index contributed by atoms with van der Waals surface area (Å²) in [4.78, 5) is 0. The van der Waals surface area contributed by atoms with Gasteiger partial charge in [-0.3, -0.25) is 28.2 Å². The zero-order valence-electron chi connectivity index (χ0n) is 5.66. The highest BCUT2D eigenvalue weighted by Crippen LogP contribution is 1.73. The summed E-state index contributed by atoms with van der Waals surface area (Å²) in [6.45, 7) is 7.50. The van der Waals surface area contributed by atoms with E-state index in [2.05, 4.69) is 6.58 Å². The SMILES string of the molecule is C=C(C)C.F.F.F.F.F.F. The highest BCUT2D eigenvalue weighted by atomic mass is 19.0. The normalized spacial score (nSPS) is 2.60. The van der Waals surface area contributed by atoms with Crippen molar-refractivity contribution in [1.29, 1.82) is 0 Å². The average molecular weight is 176 g/mol. The predicted octanol–water partition coefficient (Wildman–Crippen LogP) is 2.50. The third-order valence-electron chi connectivity index (χ3n) is 0. The van der Waals surface area contributed by atoms with Crippen molar-refractivity contribution in [2.75, 3.05) is 0 Å². The topological polar surface area (TPSA) is 0 Å². The standard InChI is InChI=1S/C4H8.6FH/c1-4(2)3;;;;;;/h1H2,2-3H3;6*1H. The van der Waals surface area contributed by atoms with E-state index in [1.54, 1.807) is 0 Å². The zero-order chi connectivity index (χ0) is 3.58. The van der Waals surface area contributed by atoms with Crippen LogP contribution < -0.4 is 0 Å². The lowest BCUT2D eigenvalue weighted by molar-refractivity contribution is 1.11. The number of rotatable bonds is 0. The van der Waals surface area contributed by atoms with Gasteiger partial charge in [-0.15, -0.1) is 6.58 Å². The predicted molar refractivity (Wildman–Crippen MR) is 35.5 cm³/mol. The smallest absolute Gasteiger partial charge is 0.0445 e. The fraction of sp³-hybridized carbons (Fsp3) is 0.500. The highest BCUT2D eigenvalue weighted by molar-refractivity contribution is 4.78. The van der Waals surface area contributed by atoms with Crippen LogP contribution >= 0.6 is 0 Å². The van der Waals surface area contributed by atoms with Gasteiger partial charge in [0.15, 0.2) is 0 Å². The first-order chi connectivity index (χ1) is 1.73. The summed E-state index contributed by atoms with van der Waals surface area (Å²) in [5.74, 6) is 0. The van der Waals surface area contributed by atoms with Gasteiger partial charge in [0.05, 0.1) is 0 Å². The average Bonchev–Trinajstić information content (AvgIpc) is 0.811. The van der Waals surface area contributed by atoms with E-state index in [-0.39, 0.29) is 28.2 Å². The maximum atomic E-state index is 3.56. The largest absolute Gasteiger partial charge is 0.269 e. The first-order valence-electron chi connectivity index (χ1n) is 1.35. The monoisotopic (exact) mass is 176 g/mol. The lowest BCUT2D eigenvalue weighted by atomic mass is 10.4. The maximum absolute atomic E-state index is 3.56. The maximum Gasteiger partial charge on any atom is -0.0445 e. The fourth-order valence-corrected chi connectivity index (χ4v) is 0. The summed E-state index contributed by atoms with van der Waals surface area (Å²) >= 11 is 0. The van der Waals surface area contributed by atoms with Crippen LogP contribution in [0.25, 0.3) is 0 Å². The Morgan fingerprint density at radius 1 is 0.700 bits per heavy atom. The summed E-state index contributed by atoms with van der Waals surface area (Å²) in [6.07, 6.45) is 0. The van der Waals surface area contributed by atoms with Crippen molar-refractivity contribution in [3.8, 4) is 0 Å². The van der Waals surface area contributed by atoms with E-state index in [1.165, 1.54) is 5.57 Å². The van der Waals surface area contributed by atoms with Crippen molar-refractivity contribution in [2.24, 2.45) is 0 Å². The molecule has 10 heavy (non-hydrogen) atoms. The molecule has 0 rings (SSSR count). The van der Waals surface area contributed by atoms with Crippen LogP contribution in [0.2, 0.25) is 0 Å². The Morgan fingerprint density at radius 3 is 0.700 bits per heavy atom. The highest BCUT2D eigenvalue weighted by Gasteiger charge is 1.51. The summed E-state index contributed by atoms with van der Waals surface area (Å²) in [7, 11) is 0. The minimum Gasteiger partial charge on any atom is -0.269 e. The molecule has 0 N–H and O–H groups in total. The van der Waals surface area contributed by atoms with Gasteiger partial charge in [-0.05, 0) is 13.8 Å². The van der Waals surface area contributed by atoms with Crippen molar-refractivity contribution in [3.63, 3.8) is 0 Å². The van der Waals surface area contributed by atoms with Crippen LogP contribution in [0.5, 0.6) is 0 Å². The minimum atomic E-state index is 0. The van der Waals surface area contributed by atoms with Crippen LogP contribution in [-0.4, -0.2) is 0 Å². The molecule has 0 amide bonds. The lowest BCUT2D eigenvalue weighted by Crippen LogP contribution is -1.43. The molecular formula is C4H14F6. The molecule has 0 unspecified atom stereocenters. The molecule has 0 nitrogen and oxygen atoms in total. The summed E-state index contributed by atoms with van der Waals surface area (Å²) < 4.78 is 0. The molecule has 0 heterocycles. The Balaban J connectivity index is -0.00000000300. The van der Waals surface area contributed by atoms with Gasteiger partial charge >= 0.3 is 0 Å². The molecule has 0 radical (unpaired) electrons. The summed E-state index contributed by atoms with van der Waals surface area (Å²) in [5, 5.41) is 0. The van der Waals surface area contributed by atoms with E-state index in [0.717, 1.165) is 0 Å². The Labute approximate surface area is 55.5 Å². The molecule has 0 aliphatic rings. The zero-order valence-corrected chi connectivity index (χ0v) is 5.66. The number of hydrogen-bond donors (Lipinski definition) is 0. The van der Waals surface area contributed by atoms with E-state index in [0.29, 0.717) is 0 Å². The molecule has 0 aromatic heterocycles. The van der Waals surface area contributed by atoms with Gasteiger partial charge in [-0.2, -0.15) is 0 Å². The van der Waals surface area contributed by atoms with Crippen LogP contribution in [0, 0.1) is 0 Å². The Morgan fingerprint density at radius 2 is 0.700 bits per heavy atom. The summed E-state index contributed by atoms with van der Waals surface area (Å²) in [6, 6.07) is 0. The number of allylic oxidation sites excluding steroid dienone is 1. The molecule has 0 spiro atoms. The number of halogens is 6. The van der Waals surface area contributed by atoms with Crippen molar-refractivity contribution >= 4 is 0 Å². The summed E-state index contributed by atoms with van der Waals surface area (Å²) in [5.41, 5.74) is 1.17. The first kappa shape index (κ1) is 120. The van der Waals surface area contributed by atoms with E-state index >= 15 is 0 Å². The van der Waals surface area contributed by atoms with E-state index in [4.69, 9.17) is 0 Å². The number of hydrogen-bond acceptors (Lipinski definition) is 0. The quantitative estimate of drug-likeness (QED) is 0.393. The van der Waals surface area contributed by atoms with Crippen molar-refractivity contribution < 1.29 is 28.2 Å². The first-order valence-corrected chi connectivity index (χ1v) is 1.35. The van der Waals surface area contributed by atoms with Gasteiger partial charge in [-0.25, -0.2) is 0 Å². The third-order valence-corrected chi connectivity index (χ3v) is 0. The van der Waals surface area contributed by atoms with Crippen LogP contribution in [0.1, 0.15) is 13.8 Å². The van der Waals surface area contributed by atoms with Crippen molar-refractivity contribution in [3.05, 3.63) is 12.2 Å². The molecule has 0 saturated carbocycles. The molecule has 0 aliphatic carbocycles. The van der Waals surface area contributed by atoms with Crippen LogP contribution in [0.3, 0.4) is 0 Å². The van der Waals surface area contributed by atoms with Crippen LogP contribution in [-0.2, 0) is 0 Å². The molecular weight excluding hydrogens is 162 g/mol. The van der Waals surface area contributed by atoms with E-state index in [9.17, 15) is 0 Å². The Kier molecular flexibility index (Phi) is 993. The molecule has 72 valence electrons. The van der Waals surface area contributed by atoms with Gasteiger partial charge in [0.2, 0.25) is 0 Å². The Hall–Kier alpha value is -0.680. The van der Waals surface area contributed by atoms with Gasteiger partial charge < -0.3 is 0 Å². The second kappa shape index (κ2) is 82.8. The van der Waals surface area contributed by atoms with Crippen LogP contribution in [0.15, 0.2) is 12.2 Å². The Bertz CT molecular complexity index is 32.7. The van der Waals surface area contributed by atoms with E-state index in [1.807, 2.05) is 13.8 Å². The molecule has 0 fully saturated rings.